The van der Waals surface area contributed by atoms with Gasteiger partial charge in [-0.3, -0.25) is 14.7 Å². The Kier molecular flexibility index (Phi) is 7.53. The van der Waals surface area contributed by atoms with E-state index in [1.807, 2.05) is 68.4 Å². The van der Waals surface area contributed by atoms with Gasteiger partial charge >= 0.3 is 6.03 Å². The molecule has 2 aliphatic heterocycles. The Labute approximate surface area is 232 Å². The van der Waals surface area contributed by atoms with Crippen LogP contribution in [-0.2, 0) is 4.79 Å². The second-order valence-corrected chi connectivity index (χ2v) is 10.2. The molecule has 1 saturated heterocycles. The number of urea groups is 1. The molecule has 0 bridgehead atoms. The van der Waals surface area contributed by atoms with Crippen LogP contribution in [-0.4, -0.2) is 53.3 Å². The number of nitriles is 1. The summed E-state index contributed by atoms with van der Waals surface area (Å²) in [5.74, 6) is 0.667. The van der Waals surface area contributed by atoms with Crippen molar-refractivity contribution >= 4 is 29.4 Å². The second-order valence-electron chi connectivity index (χ2n) is 9.72. The smallest absolute Gasteiger partial charge is 0.326 e. The van der Waals surface area contributed by atoms with Crippen LogP contribution >= 0.6 is 11.6 Å². The van der Waals surface area contributed by atoms with Gasteiger partial charge in [-0.05, 0) is 55.3 Å². The minimum absolute atomic E-state index is 0.0432. The molecule has 2 atom stereocenters. The number of piperazine rings is 1. The molecule has 0 aliphatic carbocycles. The number of aliphatic imine (C=N–C) groups is 1. The molecule has 0 unspecified atom stereocenters. The number of benzene rings is 3. The van der Waals surface area contributed by atoms with Gasteiger partial charge < -0.3 is 15.0 Å². The van der Waals surface area contributed by atoms with Crippen LogP contribution in [0.1, 0.15) is 48.2 Å². The lowest BCUT2D eigenvalue weighted by atomic mass is 9.93. The zero-order chi connectivity index (χ0) is 27.5. The Morgan fingerprint density at radius 3 is 2.51 bits per heavy atom. The summed E-state index contributed by atoms with van der Waals surface area (Å²) in [5, 5.41) is 12.9. The van der Waals surface area contributed by atoms with E-state index in [-0.39, 0.29) is 24.6 Å². The van der Waals surface area contributed by atoms with Gasteiger partial charge in [0.2, 0.25) is 5.91 Å². The molecule has 0 radical (unpaired) electrons. The maximum atomic E-state index is 14.3. The number of carbonyl (C=O) groups excluding carboxylic acids is 2. The van der Waals surface area contributed by atoms with Crippen molar-refractivity contribution in [3.05, 3.63) is 100 Å². The predicted octanol–water partition coefficient (Wildman–Crippen LogP) is 5.10. The minimum atomic E-state index is -0.498. The van der Waals surface area contributed by atoms with Crippen molar-refractivity contribution in [2.45, 2.75) is 32.0 Å². The highest BCUT2D eigenvalue weighted by molar-refractivity contribution is 6.30. The van der Waals surface area contributed by atoms with Gasteiger partial charge in [-0.2, -0.15) is 5.26 Å². The molecule has 0 aromatic heterocycles. The fourth-order valence-corrected chi connectivity index (χ4v) is 5.05. The van der Waals surface area contributed by atoms with Gasteiger partial charge in [-0.15, -0.1) is 0 Å². The summed E-state index contributed by atoms with van der Waals surface area (Å²) in [6, 6.07) is 23.2. The molecule has 2 heterocycles. The van der Waals surface area contributed by atoms with E-state index in [1.165, 1.54) is 0 Å². The number of nitrogens with one attached hydrogen (secondary N) is 1. The van der Waals surface area contributed by atoms with Crippen molar-refractivity contribution in [2.24, 2.45) is 4.99 Å². The van der Waals surface area contributed by atoms with Crippen LogP contribution < -0.4 is 10.1 Å². The lowest BCUT2D eigenvalue weighted by molar-refractivity contribution is -0.123. The van der Waals surface area contributed by atoms with Crippen molar-refractivity contribution in [1.29, 1.82) is 5.26 Å². The van der Waals surface area contributed by atoms with E-state index >= 15 is 0 Å². The number of hydrogen-bond donors (Lipinski definition) is 1. The maximum absolute atomic E-state index is 14.3. The lowest BCUT2D eigenvalue weighted by Gasteiger charge is -2.35. The number of nitrogens with zero attached hydrogens (tertiary/aromatic N) is 4. The molecule has 2 aliphatic rings. The highest BCUT2D eigenvalue weighted by Gasteiger charge is 2.45. The SMILES string of the molecule is CC(C)Oc1cc(C#N)ccc1C1=N[C@@H](c2ccc(Cl)cc2)[C@@H](c2ccccc2)N1C(=O)N1CCNC(=O)C1. The first kappa shape index (κ1) is 26.3. The highest BCUT2D eigenvalue weighted by Crippen LogP contribution is 2.45. The molecule has 198 valence electrons. The lowest BCUT2D eigenvalue weighted by Crippen LogP contribution is -2.55. The van der Waals surface area contributed by atoms with Crippen LogP contribution in [0.2, 0.25) is 5.02 Å². The molecule has 1 N–H and O–H groups in total. The molecular formula is C30H28ClN5O3. The Bertz CT molecular complexity index is 1450. The van der Waals surface area contributed by atoms with Gasteiger partial charge in [0.15, 0.2) is 0 Å². The summed E-state index contributed by atoms with van der Waals surface area (Å²) < 4.78 is 6.12. The summed E-state index contributed by atoms with van der Waals surface area (Å²) in [7, 11) is 0. The number of rotatable bonds is 5. The third-order valence-corrected chi connectivity index (χ3v) is 6.90. The first-order valence-electron chi connectivity index (χ1n) is 12.8. The van der Waals surface area contributed by atoms with Crippen LogP contribution in [0.5, 0.6) is 5.75 Å². The number of halogens is 1. The fourth-order valence-electron chi connectivity index (χ4n) is 4.93. The number of hydrogen-bond acceptors (Lipinski definition) is 5. The van der Waals surface area contributed by atoms with Gasteiger partial charge in [0.1, 0.15) is 24.2 Å². The van der Waals surface area contributed by atoms with Gasteiger partial charge in [0.05, 0.1) is 29.3 Å². The van der Waals surface area contributed by atoms with Crippen LogP contribution in [0.15, 0.2) is 77.8 Å². The summed E-state index contributed by atoms with van der Waals surface area (Å²) in [5.41, 5.74) is 2.81. The summed E-state index contributed by atoms with van der Waals surface area (Å²) in [6.45, 7) is 4.51. The largest absolute Gasteiger partial charge is 0.490 e. The topological polar surface area (TPSA) is 98.0 Å². The van der Waals surface area contributed by atoms with E-state index < -0.39 is 12.1 Å². The molecule has 39 heavy (non-hydrogen) atoms. The number of amidine groups is 1. The molecule has 0 saturated carbocycles. The van der Waals surface area contributed by atoms with Gasteiger partial charge in [-0.1, -0.05) is 54.1 Å². The first-order valence-corrected chi connectivity index (χ1v) is 13.2. The predicted molar refractivity (Wildman–Crippen MR) is 149 cm³/mol. The monoisotopic (exact) mass is 541 g/mol. The summed E-state index contributed by atoms with van der Waals surface area (Å²) in [4.78, 5) is 34.9. The van der Waals surface area contributed by atoms with Gasteiger partial charge in [0, 0.05) is 18.1 Å². The third kappa shape index (κ3) is 5.45. The first-order chi connectivity index (χ1) is 18.9. The fraction of sp³-hybridized carbons (Fsp3) is 0.267. The molecule has 1 fully saturated rings. The second kappa shape index (κ2) is 11.2. The summed E-state index contributed by atoms with van der Waals surface area (Å²) >= 11 is 6.20. The Hall–Kier alpha value is -4.35. The van der Waals surface area contributed by atoms with E-state index in [0.717, 1.165) is 11.1 Å². The van der Waals surface area contributed by atoms with Crippen molar-refractivity contribution < 1.29 is 14.3 Å². The molecule has 3 aromatic carbocycles. The van der Waals surface area contributed by atoms with E-state index in [4.69, 9.17) is 21.3 Å². The van der Waals surface area contributed by atoms with E-state index in [2.05, 4.69) is 11.4 Å². The van der Waals surface area contributed by atoms with Crippen molar-refractivity contribution in [3.8, 4) is 11.8 Å². The average molecular weight is 542 g/mol. The number of ether oxygens (including phenoxy) is 1. The van der Waals surface area contributed by atoms with Crippen LogP contribution in [0.3, 0.4) is 0 Å². The number of carbonyl (C=O) groups is 2. The van der Waals surface area contributed by atoms with Crippen molar-refractivity contribution in [2.75, 3.05) is 19.6 Å². The Morgan fingerprint density at radius 1 is 1.10 bits per heavy atom. The van der Waals surface area contributed by atoms with Crippen LogP contribution in [0.25, 0.3) is 0 Å². The molecule has 3 aromatic rings. The standard InChI is InChI=1S/C30H28ClN5O3/c1-19(2)39-25-16-20(17-32)8-13-24(25)29-34-27(21-9-11-23(31)12-10-21)28(22-6-4-3-5-7-22)36(29)30(38)35-15-14-33-26(37)18-35/h3-13,16,19,27-28H,14-15,18H2,1-2H3,(H,33,37)/t27-,28+/m0/s1. The zero-order valence-corrected chi connectivity index (χ0v) is 22.4. The molecule has 0 spiro atoms. The normalized spacial score (nSPS) is 18.9. The van der Waals surface area contributed by atoms with Crippen molar-refractivity contribution in [3.63, 3.8) is 0 Å². The van der Waals surface area contributed by atoms with E-state index in [0.29, 0.717) is 40.8 Å². The summed E-state index contributed by atoms with van der Waals surface area (Å²) in [6.07, 6.45) is -0.174. The molecular weight excluding hydrogens is 514 g/mol. The zero-order valence-electron chi connectivity index (χ0n) is 21.7. The molecule has 9 heteroatoms. The quantitative estimate of drug-likeness (QED) is 0.486. The van der Waals surface area contributed by atoms with Crippen LogP contribution in [0, 0.1) is 11.3 Å². The molecule has 8 nitrogen and oxygen atoms in total. The van der Waals surface area contributed by atoms with Crippen LogP contribution in [0.4, 0.5) is 4.79 Å². The maximum Gasteiger partial charge on any atom is 0.326 e. The third-order valence-electron chi connectivity index (χ3n) is 6.65. The Balaban J connectivity index is 1.71. The van der Waals surface area contributed by atoms with Crippen molar-refractivity contribution in [1.82, 2.24) is 15.1 Å². The van der Waals surface area contributed by atoms with Gasteiger partial charge in [0.25, 0.3) is 0 Å². The molecule has 3 amide bonds. The molecule has 5 rings (SSSR count). The number of amides is 3. The van der Waals surface area contributed by atoms with E-state index in [9.17, 15) is 14.9 Å². The van der Waals surface area contributed by atoms with E-state index in [1.54, 1.807) is 28.0 Å². The minimum Gasteiger partial charge on any atom is -0.490 e. The Morgan fingerprint density at radius 2 is 1.85 bits per heavy atom. The highest BCUT2D eigenvalue weighted by atomic mass is 35.5. The van der Waals surface area contributed by atoms with Gasteiger partial charge in [-0.25, -0.2) is 4.79 Å². The average Bonchev–Trinajstić information content (AvgIpc) is 3.33.